The van der Waals surface area contributed by atoms with Crippen LogP contribution in [0.4, 0.5) is 0 Å². The molecule has 1 aliphatic carbocycles. The molecule has 0 saturated carbocycles. The second-order valence-electron chi connectivity index (χ2n) is 3.34. The van der Waals surface area contributed by atoms with Gasteiger partial charge in [-0.25, -0.2) is 8.42 Å². The Morgan fingerprint density at radius 3 is 2.69 bits per heavy atom. The van der Waals surface area contributed by atoms with Crippen LogP contribution in [0.15, 0.2) is 22.6 Å². The molecule has 1 aliphatic heterocycles. The fraction of sp³-hybridized carbons (Fsp3) is 0.556. The molecule has 0 aromatic heterocycles. The van der Waals surface area contributed by atoms with Crippen LogP contribution in [0.2, 0.25) is 0 Å². The van der Waals surface area contributed by atoms with Crippen molar-refractivity contribution in [2.24, 2.45) is 0 Å². The lowest BCUT2D eigenvalue weighted by molar-refractivity contribution is 0.470. The molecule has 2 aliphatic rings. The summed E-state index contributed by atoms with van der Waals surface area (Å²) in [5.41, 5.74) is 1.09. The van der Waals surface area contributed by atoms with Gasteiger partial charge in [-0.05, 0) is 12.0 Å². The Bertz CT molecular complexity index is 378. The van der Waals surface area contributed by atoms with Crippen molar-refractivity contribution in [2.45, 2.75) is 19.8 Å². The zero-order chi connectivity index (χ0) is 9.47. The first-order valence-corrected chi connectivity index (χ1v) is 5.96. The number of nitrogens with zero attached hydrogens (tertiary/aromatic N) is 1. The highest BCUT2D eigenvalue weighted by Crippen LogP contribution is 2.33. The molecule has 0 saturated heterocycles. The van der Waals surface area contributed by atoms with Crippen molar-refractivity contribution in [1.29, 1.82) is 0 Å². The molecule has 0 atom stereocenters. The summed E-state index contributed by atoms with van der Waals surface area (Å²) in [6.07, 6.45) is 5.39. The highest BCUT2D eigenvalue weighted by Gasteiger charge is 2.35. The van der Waals surface area contributed by atoms with Gasteiger partial charge in [-0.2, -0.15) is 4.31 Å². The average Bonchev–Trinajstić information content (AvgIpc) is 2.39. The number of sulfonamides is 1. The quantitative estimate of drug-likeness (QED) is 0.596. The van der Waals surface area contributed by atoms with Gasteiger partial charge in [0.1, 0.15) is 0 Å². The predicted molar refractivity (Wildman–Crippen MR) is 51.6 cm³/mol. The van der Waals surface area contributed by atoms with Crippen LogP contribution in [-0.2, 0) is 10.0 Å². The highest BCUT2D eigenvalue weighted by atomic mass is 32.2. The molecule has 72 valence electrons. The highest BCUT2D eigenvalue weighted by molar-refractivity contribution is 7.93. The van der Waals surface area contributed by atoms with Crippen LogP contribution in [0.25, 0.3) is 0 Å². The van der Waals surface area contributed by atoms with Crippen LogP contribution < -0.4 is 0 Å². The summed E-state index contributed by atoms with van der Waals surface area (Å²) in [4.78, 5) is 0.650. The molecule has 2 rings (SSSR count). The number of hydrogen-bond donors (Lipinski definition) is 0. The van der Waals surface area contributed by atoms with Gasteiger partial charge in [0, 0.05) is 19.5 Å². The number of rotatable bonds is 1. The predicted octanol–water partition coefficient (Wildman–Crippen LogP) is 1.26. The SMILES string of the molecule is CCN1CC2=C(CC=CC2)S1(=O)=O. The largest absolute Gasteiger partial charge is 0.239 e. The molecule has 0 unspecified atom stereocenters. The molecule has 0 aromatic carbocycles. The molecule has 3 nitrogen and oxygen atoms in total. The second kappa shape index (κ2) is 2.96. The molecule has 0 bridgehead atoms. The molecule has 0 spiro atoms. The van der Waals surface area contributed by atoms with Crippen molar-refractivity contribution in [3.8, 4) is 0 Å². The number of likely N-dealkylation sites (N-methyl/N-ethyl adjacent to an activating group) is 1. The zero-order valence-corrected chi connectivity index (χ0v) is 8.47. The lowest BCUT2D eigenvalue weighted by Gasteiger charge is -2.12. The number of allylic oxidation sites excluding steroid dienone is 3. The van der Waals surface area contributed by atoms with E-state index in [2.05, 4.69) is 0 Å². The molecule has 0 radical (unpaired) electrons. The molecule has 4 heteroatoms. The van der Waals surface area contributed by atoms with E-state index in [1.54, 1.807) is 4.31 Å². The minimum absolute atomic E-state index is 0.579. The van der Waals surface area contributed by atoms with Crippen LogP contribution in [0.5, 0.6) is 0 Å². The van der Waals surface area contributed by atoms with E-state index >= 15 is 0 Å². The van der Waals surface area contributed by atoms with Crippen LogP contribution in [0, 0.1) is 0 Å². The standard InChI is InChI=1S/C9H13NO2S/c1-2-10-7-8-5-3-4-6-9(8)13(10,11)12/h3-4H,2,5-7H2,1H3. The minimum atomic E-state index is -3.08. The van der Waals surface area contributed by atoms with Crippen LogP contribution in [0.3, 0.4) is 0 Å². The van der Waals surface area contributed by atoms with E-state index in [0.717, 1.165) is 12.0 Å². The van der Waals surface area contributed by atoms with Crippen molar-refractivity contribution < 1.29 is 8.42 Å². The molecule has 0 N–H and O–H groups in total. The molecule has 1 heterocycles. The van der Waals surface area contributed by atoms with Crippen LogP contribution >= 0.6 is 0 Å². The normalized spacial score (nSPS) is 26.5. The first kappa shape index (κ1) is 8.97. The fourth-order valence-corrected chi connectivity index (χ4v) is 3.65. The maximum Gasteiger partial charge on any atom is 0.239 e. The minimum Gasteiger partial charge on any atom is -0.207 e. The Morgan fingerprint density at radius 1 is 1.38 bits per heavy atom. The van der Waals surface area contributed by atoms with Gasteiger partial charge < -0.3 is 0 Å². The summed E-state index contributed by atoms with van der Waals surface area (Å²) in [6, 6.07) is 0. The third-order valence-electron chi connectivity index (χ3n) is 2.60. The van der Waals surface area contributed by atoms with E-state index in [4.69, 9.17) is 0 Å². The lowest BCUT2D eigenvalue weighted by atomic mass is 10.1. The smallest absolute Gasteiger partial charge is 0.207 e. The van der Waals surface area contributed by atoms with Gasteiger partial charge in [0.15, 0.2) is 0 Å². The van der Waals surface area contributed by atoms with Crippen molar-refractivity contribution in [2.75, 3.05) is 13.1 Å². The van der Waals surface area contributed by atoms with Crippen molar-refractivity contribution in [3.63, 3.8) is 0 Å². The Labute approximate surface area is 78.8 Å². The molecule has 0 amide bonds. The molecule has 13 heavy (non-hydrogen) atoms. The summed E-state index contributed by atoms with van der Waals surface area (Å²) in [7, 11) is -3.08. The Kier molecular flexibility index (Phi) is 2.04. The van der Waals surface area contributed by atoms with Gasteiger partial charge in [0.05, 0.1) is 4.91 Å². The van der Waals surface area contributed by atoms with Gasteiger partial charge in [-0.15, -0.1) is 0 Å². The van der Waals surface area contributed by atoms with Gasteiger partial charge in [0.25, 0.3) is 0 Å². The van der Waals surface area contributed by atoms with Crippen molar-refractivity contribution in [3.05, 3.63) is 22.6 Å². The van der Waals surface area contributed by atoms with Gasteiger partial charge >= 0.3 is 0 Å². The summed E-state index contributed by atoms with van der Waals surface area (Å²) >= 11 is 0. The molecular formula is C9H13NO2S. The van der Waals surface area contributed by atoms with E-state index in [-0.39, 0.29) is 0 Å². The van der Waals surface area contributed by atoms with E-state index in [1.165, 1.54) is 0 Å². The summed E-state index contributed by atoms with van der Waals surface area (Å²) < 4.78 is 25.1. The maximum atomic E-state index is 11.8. The lowest BCUT2D eigenvalue weighted by Crippen LogP contribution is -2.26. The zero-order valence-electron chi connectivity index (χ0n) is 7.66. The monoisotopic (exact) mass is 199 g/mol. The van der Waals surface area contributed by atoms with Gasteiger partial charge in [0.2, 0.25) is 10.0 Å². The van der Waals surface area contributed by atoms with Gasteiger partial charge in [-0.3, -0.25) is 0 Å². The summed E-state index contributed by atoms with van der Waals surface area (Å²) in [6.45, 7) is 3.07. The van der Waals surface area contributed by atoms with E-state index in [1.807, 2.05) is 19.1 Å². The fourth-order valence-electron chi connectivity index (χ4n) is 1.85. The molecule has 0 fully saturated rings. The van der Waals surface area contributed by atoms with E-state index < -0.39 is 10.0 Å². The average molecular weight is 199 g/mol. The van der Waals surface area contributed by atoms with E-state index in [0.29, 0.717) is 24.4 Å². The van der Waals surface area contributed by atoms with Crippen LogP contribution in [-0.4, -0.2) is 25.8 Å². The Morgan fingerprint density at radius 2 is 2.08 bits per heavy atom. The van der Waals surface area contributed by atoms with Crippen LogP contribution in [0.1, 0.15) is 19.8 Å². The molecule has 0 aromatic rings. The topological polar surface area (TPSA) is 37.4 Å². The third-order valence-corrected chi connectivity index (χ3v) is 4.74. The summed E-state index contributed by atoms with van der Waals surface area (Å²) in [5.74, 6) is 0. The van der Waals surface area contributed by atoms with E-state index in [9.17, 15) is 8.42 Å². The maximum absolute atomic E-state index is 11.8. The Hall–Kier alpha value is -0.610. The third kappa shape index (κ3) is 1.25. The second-order valence-corrected chi connectivity index (χ2v) is 5.30. The molecular weight excluding hydrogens is 186 g/mol. The van der Waals surface area contributed by atoms with Gasteiger partial charge in [-0.1, -0.05) is 19.1 Å². The van der Waals surface area contributed by atoms with Crippen molar-refractivity contribution in [1.82, 2.24) is 4.31 Å². The van der Waals surface area contributed by atoms with Crippen molar-refractivity contribution >= 4 is 10.0 Å². The Balaban J connectivity index is 2.39. The summed E-state index contributed by atoms with van der Waals surface area (Å²) in [5, 5.41) is 0. The number of hydrogen-bond acceptors (Lipinski definition) is 2. The first-order valence-electron chi connectivity index (χ1n) is 4.52. The first-order chi connectivity index (χ1) is 6.16.